The van der Waals surface area contributed by atoms with Crippen molar-refractivity contribution in [3.8, 4) is 0 Å². The zero-order chi connectivity index (χ0) is 13.9. The molecule has 1 aromatic heterocycles. The number of oxazole rings is 1. The van der Waals surface area contributed by atoms with Crippen molar-refractivity contribution in [1.29, 1.82) is 0 Å². The highest BCUT2D eigenvalue weighted by atomic mass is 19.3. The van der Waals surface area contributed by atoms with Gasteiger partial charge in [0.25, 0.3) is 11.8 Å². The van der Waals surface area contributed by atoms with Crippen LogP contribution in [0.5, 0.6) is 0 Å². The van der Waals surface area contributed by atoms with Crippen LogP contribution in [0.2, 0.25) is 0 Å². The number of carbonyl (C=O) groups is 2. The fourth-order valence-electron chi connectivity index (χ4n) is 1.83. The number of hydrogen-bond acceptors (Lipinski definition) is 4. The number of nitrogens with one attached hydrogen (secondary N) is 2. The third kappa shape index (κ3) is 3.27. The van der Waals surface area contributed by atoms with E-state index in [2.05, 4.69) is 15.6 Å². The van der Waals surface area contributed by atoms with Crippen LogP contribution in [0.15, 0.2) is 16.9 Å². The number of alkyl halides is 2. The maximum atomic E-state index is 13.1. The minimum Gasteiger partial charge on any atom is -0.441 e. The van der Waals surface area contributed by atoms with Crippen molar-refractivity contribution in [2.45, 2.75) is 31.2 Å². The predicted octanol–water partition coefficient (Wildman–Crippen LogP) is 0.708. The summed E-state index contributed by atoms with van der Waals surface area (Å²) in [4.78, 5) is 26.4. The van der Waals surface area contributed by atoms with E-state index in [4.69, 9.17) is 4.42 Å². The molecule has 1 fully saturated rings. The van der Waals surface area contributed by atoms with E-state index in [-0.39, 0.29) is 18.9 Å². The topological polar surface area (TPSA) is 84.2 Å². The largest absolute Gasteiger partial charge is 0.441 e. The van der Waals surface area contributed by atoms with Gasteiger partial charge < -0.3 is 15.1 Å². The van der Waals surface area contributed by atoms with E-state index in [0.717, 1.165) is 0 Å². The van der Waals surface area contributed by atoms with Crippen molar-refractivity contribution in [2.24, 2.45) is 0 Å². The number of amides is 2. The van der Waals surface area contributed by atoms with E-state index in [1.807, 2.05) is 0 Å². The molecule has 0 saturated carbocycles. The third-order valence-corrected chi connectivity index (χ3v) is 2.85. The molecule has 2 amide bonds. The number of hydrogen-bond donors (Lipinski definition) is 2. The van der Waals surface area contributed by atoms with E-state index in [1.165, 1.54) is 12.5 Å². The maximum Gasteiger partial charge on any atom is 0.324 e. The van der Waals surface area contributed by atoms with Gasteiger partial charge in [0.05, 0.1) is 6.20 Å². The molecule has 104 valence electrons. The van der Waals surface area contributed by atoms with Crippen molar-refractivity contribution in [2.75, 3.05) is 6.54 Å². The molecule has 2 N–H and O–H groups in total. The van der Waals surface area contributed by atoms with Crippen molar-refractivity contribution >= 4 is 11.8 Å². The lowest BCUT2D eigenvalue weighted by Gasteiger charge is -2.17. The fraction of sp³-hybridized carbons (Fsp3) is 0.545. The first kappa shape index (κ1) is 13.4. The third-order valence-electron chi connectivity index (χ3n) is 2.85. The normalized spacial score (nSPS) is 22.4. The summed E-state index contributed by atoms with van der Waals surface area (Å²) in [6.07, 6.45) is 2.70. The van der Waals surface area contributed by atoms with E-state index in [0.29, 0.717) is 6.42 Å². The summed E-state index contributed by atoms with van der Waals surface area (Å²) in [6.45, 7) is 0.0586. The number of nitrogens with zero attached hydrogens (tertiary/aromatic N) is 1. The van der Waals surface area contributed by atoms with Gasteiger partial charge in [-0.15, -0.1) is 0 Å². The number of carbonyl (C=O) groups excluding carboxylic acids is 2. The van der Waals surface area contributed by atoms with Crippen molar-refractivity contribution in [3.63, 3.8) is 0 Å². The molecule has 0 bridgehead atoms. The molecule has 1 saturated heterocycles. The second-order valence-corrected chi connectivity index (χ2v) is 4.31. The van der Waals surface area contributed by atoms with Crippen LogP contribution in [0.4, 0.5) is 8.78 Å². The van der Waals surface area contributed by atoms with E-state index >= 15 is 0 Å². The van der Waals surface area contributed by atoms with Crippen LogP contribution in [0.1, 0.15) is 29.9 Å². The van der Waals surface area contributed by atoms with Crippen molar-refractivity contribution in [1.82, 2.24) is 15.6 Å². The highest BCUT2D eigenvalue weighted by Gasteiger charge is 2.41. The molecule has 0 aromatic carbocycles. The van der Waals surface area contributed by atoms with Gasteiger partial charge in [-0.25, -0.2) is 4.98 Å². The predicted molar refractivity (Wildman–Crippen MR) is 59.6 cm³/mol. The smallest absolute Gasteiger partial charge is 0.324 e. The summed E-state index contributed by atoms with van der Waals surface area (Å²) >= 11 is 0. The van der Waals surface area contributed by atoms with Crippen molar-refractivity contribution in [3.05, 3.63) is 18.4 Å². The molecule has 1 aromatic rings. The summed E-state index contributed by atoms with van der Waals surface area (Å²) in [7, 11) is 0. The molecule has 1 atom stereocenters. The Morgan fingerprint density at radius 2 is 2.42 bits per heavy atom. The average Bonchev–Trinajstić information content (AvgIpc) is 2.84. The monoisotopic (exact) mass is 273 g/mol. The van der Waals surface area contributed by atoms with Crippen LogP contribution < -0.4 is 10.6 Å². The summed E-state index contributed by atoms with van der Waals surface area (Å²) in [6, 6.07) is -0.514. The minimum absolute atomic E-state index is 0.0586. The molecule has 1 aliphatic heterocycles. The van der Waals surface area contributed by atoms with Gasteiger partial charge in [-0.2, -0.15) is 8.78 Å². The molecule has 19 heavy (non-hydrogen) atoms. The van der Waals surface area contributed by atoms with Gasteiger partial charge in [-0.05, 0) is 12.8 Å². The Kier molecular flexibility index (Phi) is 3.77. The SMILES string of the molecule is O=C(NCC1CCCC(F)(F)C(=O)N1)c1ncco1. The quantitative estimate of drug-likeness (QED) is 0.849. The van der Waals surface area contributed by atoms with Crippen LogP contribution in [-0.4, -0.2) is 35.3 Å². The molecule has 0 spiro atoms. The Bertz CT molecular complexity index is 462. The van der Waals surface area contributed by atoms with E-state index < -0.39 is 30.2 Å². The lowest BCUT2D eigenvalue weighted by molar-refractivity contribution is -0.145. The fourth-order valence-corrected chi connectivity index (χ4v) is 1.83. The molecule has 8 heteroatoms. The lowest BCUT2D eigenvalue weighted by Crippen LogP contribution is -2.47. The van der Waals surface area contributed by atoms with Gasteiger partial charge in [-0.3, -0.25) is 9.59 Å². The molecule has 1 unspecified atom stereocenters. The lowest BCUT2D eigenvalue weighted by atomic mass is 10.1. The van der Waals surface area contributed by atoms with Gasteiger partial charge in [0.2, 0.25) is 0 Å². The second kappa shape index (κ2) is 5.33. The van der Waals surface area contributed by atoms with Gasteiger partial charge >= 0.3 is 11.8 Å². The summed E-state index contributed by atoms with van der Waals surface area (Å²) < 4.78 is 31.0. The summed E-state index contributed by atoms with van der Waals surface area (Å²) in [5, 5.41) is 4.69. The molecule has 2 heterocycles. The van der Waals surface area contributed by atoms with Crippen LogP contribution in [-0.2, 0) is 4.79 Å². The van der Waals surface area contributed by atoms with Gasteiger partial charge in [0.15, 0.2) is 0 Å². The summed E-state index contributed by atoms with van der Waals surface area (Å²) in [5.41, 5.74) is 0. The molecule has 2 rings (SSSR count). The molecule has 6 nitrogen and oxygen atoms in total. The highest BCUT2D eigenvalue weighted by Crippen LogP contribution is 2.25. The Labute approximate surface area is 107 Å². The Morgan fingerprint density at radius 3 is 3.11 bits per heavy atom. The van der Waals surface area contributed by atoms with E-state index in [1.54, 1.807) is 0 Å². The first-order chi connectivity index (χ1) is 8.99. The Morgan fingerprint density at radius 1 is 1.63 bits per heavy atom. The number of halogens is 2. The van der Waals surface area contributed by atoms with Gasteiger partial charge in [0.1, 0.15) is 6.26 Å². The standard InChI is InChI=1S/C11H13F2N3O3/c12-11(13)3-1-2-7(16-10(11)18)6-15-8(17)9-14-4-5-19-9/h4-5,7H,1-3,6H2,(H,15,17)(H,16,18). The van der Waals surface area contributed by atoms with Crippen LogP contribution >= 0.6 is 0 Å². The molecular formula is C11H13F2N3O3. The Balaban J connectivity index is 1.86. The number of rotatable bonds is 3. The van der Waals surface area contributed by atoms with Gasteiger partial charge in [-0.1, -0.05) is 0 Å². The molecular weight excluding hydrogens is 260 g/mol. The first-order valence-corrected chi connectivity index (χ1v) is 5.85. The summed E-state index contributed by atoms with van der Waals surface area (Å²) in [5.74, 6) is -5.28. The number of aromatic nitrogens is 1. The second-order valence-electron chi connectivity index (χ2n) is 4.31. The zero-order valence-electron chi connectivity index (χ0n) is 9.99. The highest BCUT2D eigenvalue weighted by molar-refractivity contribution is 5.89. The zero-order valence-corrected chi connectivity index (χ0v) is 9.99. The molecule has 0 aliphatic carbocycles. The van der Waals surface area contributed by atoms with Gasteiger partial charge in [0, 0.05) is 19.0 Å². The average molecular weight is 273 g/mol. The molecule has 0 radical (unpaired) electrons. The van der Waals surface area contributed by atoms with Crippen molar-refractivity contribution < 1.29 is 22.8 Å². The van der Waals surface area contributed by atoms with Crippen LogP contribution in [0.3, 0.4) is 0 Å². The van der Waals surface area contributed by atoms with Crippen LogP contribution in [0, 0.1) is 0 Å². The minimum atomic E-state index is -3.33. The maximum absolute atomic E-state index is 13.1. The first-order valence-electron chi connectivity index (χ1n) is 5.85. The van der Waals surface area contributed by atoms with Crippen LogP contribution in [0.25, 0.3) is 0 Å². The van der Waals surface area contributed by atoms with E-state index in [9.17, 15) is 18.4 Å². The molecule has 1 aliphatic rings. The Hall–Kier alpha value is -1.99.